The maximum Gasteiger partial charge on any atom is 0.326 e. The summed E-state index contributed by atoms with van der Waals surface area (Å²) in [7, 11) is 0. The zero-order valence-electron chi connectivity index (χ0n) is 12.6. The molecule has 0 saturated carbocycles. The Labute approximate surface area is 127 Å². The number of carboxylic acid groups (broad SMARTS) is 1. The number of nitrogens with zero attached hydrogens (tertiary/aromatic N) is 4. The van der Waals surface area contributed by atoms with Crippen molar-refractivity contribution in [1.29, 1.82) is 0 Å². The third kappa shape index (κ3) is 2.43. The van der Waals surface area contributed by atoms with Crippen LogP contribution in [-0.2, 0) is 4.79 Å². The molecule has 22 heavy (non-hydrogen) atoms. The monoisotopic (exact) mass is 302 g/mol. The maximum absolute atomic E-state index is 12.7. The molecule has 1 aliphatic heterocycles. The predicted octanol–water partition coefficient (Wildman–Crippen LogP) is 1.36. The van der Waals surface area contributed by atoms with Crippen LogP contribution in [0.25, 0.3) is 5.65 Å². The van der Waals surface area contributed by atoms with Gasteiger partial charge in [-0.15, -0.1) is 10.2 Å². The highest BCUT2D eigenvalue weighted by Crippen LogP contribution is 2.24. The minimum absolute atomic E-state index is 0.255. The van der Waals surface area contributed by atoms with E-state index in [4.69, 9.17) is 0 Å². The molecule has 116 valence electrons. The number of carbonyl (C=O) groups is 2. The van der Waals surface area contributed by atoms with Crippen molar-refractivity contribution < 1.29 is 14.7 Å². The molecule has 1 amide bonds. The number of hydrogen-bond acceptors (Lipinski definition) is 4. The van der Waals surface area contributed by atoms with Gasteiger partial charge in [-0.2, -0.15) is 0 Å². The first kappa shape index (κ1) is 14.5. The first-order valence-electron chi connectivity index (χ1n) is 7.32. The molecule has 3 heterocycles. The molecule has 1 N–H and O–H groups in total. The van der Waals surface area contributed by atoms with E-state index in [1.807, 2.05) is 6.92 Å². The third-order valence-corrected chi connectivity index (χ3v) is 4.23. The maximum atomic E-state index is 12.7. The number of carbonyl (C=O) groups excluding carboxylic acids is 1. The van der Waals surface area contributed by atoms with E-state index in [9.17, 15) is 14.7 Å². The number of amides is 1. The highest BCUT2D eigenvalue weighted by molar-refractivity contribution is 5.96. The van der Waals surface area contributed by atoms with Crippen molar-refractivity contribution >= 4 is 17.5 Å². The van der Waals surface area contributed by atoms with Gasteiger partial charge < -0.3 is 10.0 Å². The molecule has 2 aromatic heterocycles. The fraction of sp³-hybridized carbons (Fsp3) is 0.467. The van der Waals surface area contributed by atoms with Gasteiger partial charge in [0, 0.05) is 12.7 Å². The molecule has 3 rings (SSSR count). The number of aromatic nitrogens is 3. The fourth-order valence-corrected chi connectivity index (χ4v) is 2.92. The summed E-state index contributed by atoms with van der Waals surface area (Å²) < 4.78 is 1.73. The fourth-order valence-electron chi connectivity index (χ4n) is 2.92. The number of rotatable bonds is 2. The van der Waals surface area contributed by atoms with Crippen LogP contribution in [0, 0.1) is 12.8 Å². The van der Waals surface area contributed by atoms with Crippen molar-refractivity contribution in [3.05, 3.63) is 29.7 Å². The smallest absolute Gasteiger partial charge is 0.326 e. The molecule has 7 heteroatoms. The van der Waals surface area contributed by atoms with E-state index in [1.54, 1.807) is 29.7 Å². The van der Waals surface area contributed by atoms with Gasteiger partial charge in [0.2, 0.25) is 0 Å². The van der Waals surface area contributed by atoms with E-state index in [0.29, 0.717) is 35.9 Å². The summed E-state index contributed by atoms with van der Waals surface area (Å²) in [4.78, 5) is 25.6. The molecule has 2 atom stereocenters. The van der Waals surface area contributed by atoms with Crippen LogP contribution in [0.15, 0.2) is 18.3 Å². The molecule has 0 aliphatic carbocycles. The Bertz CT molecular complexity index is 739. The first-order valence-corrected chi connectivity index (χ1v) is 7.32. The number of hydrogen-bond donors (Lipinski definition) is 1. The van der Waals surface area contributed by atoms with Crippen LogP contribution >= 0.6 is 0 Å². The van der Waals surface area contributed by atoms with Crippen molar-refractivity contribution in [2.45, 2.75) is 32.7 Å². The summed E-state index contributed by atoms with van der Waals surface area (Å²) in [5, 5.41) is 17.3. The molecule has 1 saturated heterocycles. The van der Waals surface area contributed by atoms with Crippen LogP contribution in [0.2, 0.25) is 0 Å². The highest BCUT2D eigenvalue weighted by atomic mass is 16.4. The molecule has 7 nitrogen and oxygen atoms in total. The van der Waals surface area contributed by atoms with Crippen molar-refractivity contribution in [2.75, 3.05) is 6.54 Å². The number of fused-ring (bicyclic) bond motifs is 1. The lowest BCUT2D eigenvalue weighted by molar-refractivity contribution is -0.144. The average molecular weight is 302 g/mol. The quantitative estimate of drug-likeness (QED) is 0.905. The van der Waals surface area contributed by atoms with Gasteiger partial charge in [-0.3, -0.25) is 9.20 Å². The second kappa shape index (κ2) is 5.40. The van der Waals surface area contributed by atoms with Gasteiger partial charge in [-0.1, -0.05) is 6.92 Å². The van der Waals surface area contributed by atoms with E-state index in [2.05, 4.69) is 10.2 Å². The van der Waals surface area contributed by atoms with Crippen molar-refractivity contribution in [3.63, 3.8) is 0 Å². The summed E-state index contributed by atoms with van der Waals surface area (Å²) in [5.41, 5.74) is 1.12. The molecule has 0 spiro atoms. The molecular formula is C15H18N4O3. The molecule has 2 aromatic rings. The predicted molar refractivity (Wildman–Crippen MR) is 78.6 cm³/mol. The number of piperidine rings is 1. The van der Waals surface area contributed by atoms with Crippen molar-refractivity contribution in [3.8, 4) is 0 Å². The zero-order valence-corrected chi connectivity index (χ0v) is 12.6. The number of likely N-dealkylation sites (tertiary alicyclic amines) is 1. The summed E-state index contributed by atoms with van der Waals surface area (Å²) in [6.45, 7) is 4.29. The molecule has 1 fully saturated rings. The van der Waals surface area contributed by atoms with Gasteiger partial charge in [0.25, 0.3) is 5.91 Å². The largest absolute Gasteiger partial charge is 0.480 e. The Morgan fingerprint density at radius 1 is 1.32 bits per heavy atom. The first-order chi connectivity index (χ1) is 10.5. The van der Waals surface area contributed by atoms with E-state index in [1.165, 1.54) is 4.90 Å². The van der Waals surface area contributed by atoms with Gasteiger partial charge in [-0.25, -0.2) is 4.79 Å². The van der Waals surface area contributed by atoms with Crippen LogP contribution in [0.3, 0.4) is 0 Å². The van der Waals surface area contributed by atoms with E-state index < -0.39 is 12.0 Å². The van der Waals surface area contributed by atoms with Gasteiger partial charge in [0.1, 0.15) is 11.9 Å². The summed E-state index contributed by atoms with van der Waals surface area (Å²) >= 11 is 0. The summed E-state index contributed by atoms with van der Waals surface area (Å²) in [6, 6.07) is 2.63. The van der Waals surface area contributed by atoms with Crippen LogP contribution in [-0.4, -0.2) is 49.1 Å². The number of aliphatic carboxylic acids is 1. The third-order valence-electron chi connectivity index (χ3n) is 4.23. The van der Waals surface area contributed by atoms with Gasteiger partial charge >= 0.3 is 5.97 Å². The normalized spacial score (nSPS) is 22.0. The van der Waals surface area contributed by atoms with E-state index >= 15 is 0 Å². The summed E-state index contributed by atoms with van der Waals surface area (Å²) in [5.74, 6) is -0.199. The van der Waals surface area contributed by atoms with Crippen LogP contribution in [0.4, 0.5) is 0 Å². The molecule has 0 bridgehead atoms. The SMILES string of the molecule is Cc1nnc2ccc(C(=O)N3CCC(C)CC3C(=O)O)cn12. The Balaban J connectivity index is 1.93. The van der Waals surface area contributed by atoms with Gasteiger partial charge in [-0.05, 0) is 37.8 Å². The van der Waals surface area contributed by atoms with Crippen LogP contribution < -0.4 is 0 Å². The Kier molecular flexibility index (Phi) is 3.56. The number of aryl methyl sites for hydroxylation is 1. The van der Waals surface area contributed by atoms with Gasteiger partial charge in [0.05, 0.1) is 5.56 Å². The van der Waals surface area contributed by atoms with Gasteiger partial charge in [0.15, 0.2) is 5.65 Å². The number of pyridine rings is 1. The Morgan fingerprint density at radius 2 is 2.09 bits per heavy atom. The molecule has 0 aromatic carbocycles. The molecule has 2 unspecified atom stereocenters. The second-order valence-electron chi connectivity index (χ2n) is 5.88. The summed E-state index contributed by atoms with van der Waals surface area (Å²) in [6.07, 6.45) is 2.99. The van der Waals surface area contributed by atoms with E-state index in [-0.39, 0.29) is 5.91 Å². The number of carboxylic acids is 1. The Morgan fingerprint density at radius 3 is 2.82 bits per heavy atom. The van der Waals surface area contributed by atoms with Crippen molar-refractivity contribution in [2.24, 2.45) is 5.92 Å². The van der Waals surface area contributed by atoms with E-state index in [0.717, 1.165) is 6.42 Å². The lowest BCUT2D eigenvalue weighted by atomic mass is 9.92. The van der Waals surface area contributed by atoms with Crippen LogP contribution in [0.5, 0.6) is 0 Å². The van der Waals surface area contributed by atoms with Crippen LogP contribution in [0.1, 0.15) is 35.9 Å². The zero-order chi connectivity index (χ0) is 15.9. The minimum atomic E-state index is -0.943. The highest BCUT2D eigenvalue weighted by Gasteiger charge is 2.35. The minimum Gasteiger partial charge on any atom is -0.480 e. The standard InChI is InChI=1S/C15H18N4O3/c1-9-5-6-18(12(7-9)15(21)22)14(20)11-3-4-13-17-16-10(2)19(13)8-11/h3-4,8-9,12H,5-7H2,1-2H3,(H,21,22). The topological polar surface area (TPSA) is 87.8 Å². The Hall–Kier alpha value is -2.44. The second-order valence-corrected chi connectivity index (χ2v) is 5.88. The molecule has 1 aliphatic rings. The lowest BCUT2D eigenvalue weighted by Crippen LogP contribution is -2.49. The molecule has 0 radical (unpaired) electrons. The van der Waals surface area contributed by atoms with Crippen molar-refractivity contribution in [1.82, 2.24) is 19.5 Å². The lowest BCUT2D eigenvalue weighted by Gasteiger charge is -2.36. The average Bonchev–Trinajstić information content (AvgIpc) is 2.87. The molecular weight excluding hydrogens is 284 g/mol.